The summed E-state index contributed by atoms with van der Waals surface area (Å²) in [6.07, 6.45) is 2.07. The molecule has 1 aromatic rings. The van der Waals surface area contributed by atoms with Crippen LogP contribution in [0.3, 0.4) is 0 Å². The number of amides is 1. The van der Waals surface area contributed by atoms with E-state index < -0.39 is 11.4 Å². The highest BCUT2D eigenvalue weighted by Crippen LogP contribution is 2.31. The Morgan fingerprint density at radius 1 is 1.32 bits per heavy atom. The van der Waals surface area contributed by atoms with Crippen LogP contribution in [0.5, 0.6) is 0 Å². The minimum Gasteiger partial charge on any atom is -0.444 e. The summed E-state index contributed by atoms with van der Waals surface area (Å²) in [6.45, 7) is 9.26. The van der Waals surface area contributed by atoms with Crippen LogP contribution in [0, 0.1) is 5.82 Å². The molecule has 6 heteroatoms. The molecular weight excluding hydrogens is 345 g/mol. The van der Waals surface area contributed by atoms with E-state index in [0.29, 0.717) is 19.7 Å². The van der Waals surface area contributed by atoms with Crippen molar-refractivity contribution in [3.05, 3.63) is 34.6 Å². The summed E-state index contributed by atoms with van der Waals surface area (Å²) in [5.41, 5.74) is 0.0717. The molecule has 0 N–H and O–H groups in total. The molecule has 4 nitrogen and oxygen atoms in total. The summed E-state index contributed by atoms with van der Waals surface area (Å²) in [5, 5.41) is 0.103. The number of hydrogen-bond acceptors (Lipinski definition) is 3. The maximum absolute atomic E-state index is 13.2. The number of hydrogen-bond donors (Lipinski definition) is 0. The van der Waals surface area contributed by atoms with E-state index in [4.69, 9.17) is 21.1 Å². The van der Waals surface area contributed by atoms with Crippen LogP contribution in [0.4, 0.5) is 9.18 Å². The lowest BCUT2D eigenvalue weighted by Gasteiger charge is -2.41. The molecule has 0 saturated carbocycles. The van der Waals surface area contributed by atoms with Crippen molar-refractivity contribution in [1.29, 1.82) is 0 Å². The third-order valence-electron chi connectivity index (χ3n) is 4.50. The predicted molar refractivity (Wildman–Crippen MR) is 96.3 cm³/mol. The van der Waals surface area contributed by atoms with Crippen LogP contribution in [0.1, 0.15) is 52.5 Å². The first-order valence-corrected chi connectivity index (χ1v) is 9.08. The fraction of sp³-hybridized carbons (Fsp3) is 0.632. The number of rotatable bonds is 4. The minimum absolute atomic E-state index is 0.103. The number of carbonyl (C=O) groups is 1. The fourth-order valence-corrected chi connectivity index (χ4v) is 3.09. The van der Waals surface area contributed by atoms with Crippen LogP contribution in [-0.4, -0.2) is 35.3 Å². The van der Waals surface area contributed by atoms with Gasteiger partial charge in [-0.3, -0.25) is 0 Å². The van der Waals surface area contributed by atoms with Gasteiger partial charge in [-0.25, -0.2) is 9.18 Å². The summed E-state index contributed by atoms with van der Waals surface area (Å²) >= 11 is 5.82. The van der Waals surface area contributed by atoms with E-state index in [1.54, 1.807) is 17.0 Å². The SMILES string of the molecule is CCC1(OCc2ccc(F)c(Cl)c2)CCN(C(=O)OC(C)(C)C)CC1. The summed E-state index contributed by atoms with van der Waals surface area (Å²) in [5.74, 6) is -0.429. The van der Waals surface area contributed by atoms with Crippen molar-refractivity contribution in [1.82, 2.24) is 4.90 Å². The molecular formula is C19H27ClFNO3. The monoisotopic (exact) mass is 371 g/mol. The predicted octanol–water partition coefficient (Wildman–Crippen LogP) is 5.18. The Balaban J connectivity index is 1.92. The van der Waals surface area contributed by atoms with Crippen molar-refractivity contribution < 1.29 is 18.7 Å². The van der Waals surface area contributed by atoms with Crippen molar-refractivity contribution in [2.45, 2.75) is 64.8 Å². The second kappa shape index (κ2) is 7.92. The first kappa shape index (κ1) is 20.0. The lowest BCUT2D eigenvalue weighted by molar-refractivity contribution is -0.0954. The Morgan fingerprint density at radius 2 is 1.96 bits per heavy atom. The first-order chi connectivity index (χ1) is 11.6. The van der Waals surface area contributed by atoms with Crippen LogP contribution >= 0.6 is 11.6 Å². The lowest BCUT2D eigenvalue weighted by atomic mass is 9.88. The normalized spacial score (nSPS) is 17.4. The standard InChI is InChI=1S/C19H27ClFNO3/c1-5-19(24-13-14-6-7-16(21)15(20)12-14)8-10-22(11-9-19)17(23)25-18(2,3)4/h6-7,12H,5,8-11,13H2,1-4H3. The lowest BCUT2D eigenvalue weighted by Crippen LogP contribution is -2.49. The van der Waals surface area contributed by atoms with Gasteiger partial charge in [-0.2, -0.15) is 0 Å². The third kappa shape index (κ3) is 5.58. The second-order valence-corrected chi connectivity index (χ2v) is 7.95. The van der Waals surface area contributed by atoms with Gasteiger partial charge < -0.3 is 14.4 Å². The Morgan fingerprint density at radius 3 is 2.48 bits per heavy atom. The molecule has 2 rings (SSSR count). The highest BCUT2D eigenvalue weighted by molar-refractivity contribution is 6.30. The molecule has 0 unspecified atom stereocenters. The molecule has 0 spiro atoms. The molecule has 25 heavy (non-hydrogen) atoms. The summed E-state index contributed by atoms with van der Waals surface area (Å²) < 4.78 is 24.8. The smallest absolute Gasteiger partial charge is 0.410 e. The highest BCUT2D eigenvalue weighted by atomic mass is 35.5. The van der Waals surface area contributed by atoms with Crippen molar-refractivity contribution in [3.8, 4) is 0 Å². The van der Waals surface area contributed by atoms with Gasteiger partial charge in [0.25, 0.3) is 0 Å². The zero-order chi connectivity index (χ0) is 18.7. The van der Waals surface area contributed by atoms with Gasteiger partial charge in [0.05, 0.1) is 17.2 Å². The van der Waals surface area contributed by atoms with Gasteiger partial charge in [0.2, 0.25) is 0 Å². The quantitative estimate of drug-likeness (QED) is 0.732. The number of halogens is 2. The van der Waals surface area contributed by atoms with Gasteiger partial charge in [0.1, 0.15) is 11.4 Å². The molecule has 1 fully saturated rings. The van der Waals surface area contributed by atoms with E-state index in [9.17, 15) is 9.18 Å². The molecule has 0 aliphatic carbocycles. The van der Waals surface area contributed by atoms with E-state index in [2.05, 4.69) is 6.92 Å². The average Bonchev–Trinajstić information content (AvgIpc) is 2.55. The number of piperidine rings is 1. The number of ether oxygens (including phenoxy) is 2. The summed E-state index contributed by atoms with van der Waals surface area (Å²) in [4.78, 5) is 13.9. The van der Waals surface area contributed by atoms with Crippen molar-refractivity contribution >= 4 is 17.7 Å². The Hall–Kier alpha value is -1.33. The van der Waals surface area contributed by atoms with E-state index in [0.717, 1.165) is 24.8 Å². The van der Waals surface area contributed by atoms with Crippen molar-refractivity contribution in [2.24, 2.45) is 0 Å². The van der Waals surface area contributed by atoms with Gasteiger partial charge in [-0.15, -0.1) is 0 Å². The van der Waals surface area contributed by atoms with E-state index >= 15 is 0 Å². The first-order valence-electron chi connectivity index (χ1n) is 8.70. The molecule has 1 saturated heterocycles. The van der Waals surface area contributed by atoms with Crippen LogP contribution in [0.25, 0.3) is 0 Å². The van der Waals surface area contributed by atoms with Gasteiger partial charge in [0.15, 0.2) is 0 Å². The van der Waals surface area contributed by atoms with Crippen molar-refractivity contribution in [2.75, 3.05) is 13.1 Å². The molecule has 0 radical (unpaired) electrons. The molecule has 1 aromatic carbocycles. The van der Waals surface area contributed by atoms with E-state index in [-0.39, 0.29) is 16.7 Å². The average molecular weight is 372 g/mol. The zero-order valence-electron chi connectivity index (χ0n) is 15.4. The number of likely N-dealkylation sites (tertiary alicyclic amines) is 1. The van der Waals surface area contributed by atoms with Gasteiger partial charge in [-0.1, -0.05) is 24.6 Å². The van der Waals surface area contributed by atoms with Crippen LogP contribution in [0.15, 0.2) is 18.2 Å². The maximum Gasteiger partial charge on any atom is 0.410 e. The Bertz CT molecular complexity index is 607. The molecule has 1 aliphatic heterocycles. The van der Waals surface area contributed by atoms with Gasteiger partial charge >= 0.3 is 6.09 Å². The minimum atomic E-state index is -0.491. The number of nitrogens with zero attached hydrogens (tertiary/aromatic N) is 1. The Labute approximate surface area is 154 Å². The molecule has 0 aromatic heterocycles. The Kier molecular flexibility index (Phi) is 6.33. The zero-order valence-corrected chi connectivity index (χ0v) is 16.2. The van der Waals surface area contributed by atoms with E-state index in [1.165, 1.54) is 6.07 Å². The van der Waals surface area contributed by atoms with E-state index in [1.807, 2.05) is 20.8 Å². The number of carbonyl (C=O) groups excluding carboxylic acids is 1. The van der Waals surface area contributed by atoms with Crippen LogP contribution < -0.4 is 0 Å². The largest absolute Gasteiger partial charge is 0.444 e. The molecule has 140 valence electrons. The van der Waals surface area contributed by atoms with Crippen LogP contribution in [0.2, 0.25) is 5.02 Å². The van der Waals surface area contributed by atoms with Gasteiger partial charge in [0, 0.05) is 13.1 Å². The summed E-state index contributed by atoms with van der Waals surface area (Å²) in [6, 6.07) is 4.63. The maximum atomic E-state index is 13.2. The molecule has 0 atom stereocenters. The van der Waals surface area contributed by atoms with Crippen LogP contribution in [-0.2, 0) is 16.1 Å². The van der Waals surface area contributed by atoms with Gasteiger partial charge in [-0.05, 0) is 57.7 Å². The van der Waals surface area contributed by atoms with Crippen molar-refractivity contribution in [3.63, 3.8) is 0 Å². The molecule has 0 bridgehead atoms. The molecule has 1 amide bonds. The summed E-state index contributed by atoms with van der Waals surface area (Å²) in [7, 11) is 0. The molecule has 1 heterocycles. The topological polar surface area (TPSA) is 38.8 Å². The molecule has 1 aliphatic rings. The highest BCUT2D eigenvalue weighted by Gasteiger charge is 2.36. The second-order valence-electron chi connectivity index (χ2n) is 7.54. The third-order valence-corrected chi connectivity index (χ3v) is 4.79. The number of benzene rings is 1. The fourth-order valence-electron chi connectivity index (χ4n) is 2.89.